The maximum absolute atomic E-state index is 11.2. The minimum Gasteiger partial charge on any atom is -0.497 e. The first-order chi connectivity index (χ1) is 10.5. The van der Waals surface area contributed by atoms with Gasteiger partial charge in [-0.3, -0.25) is 10.1 Å². The summed E-state index contributed by atoms with van der Waals surface area (Å²) in [6.07, 6.45) is 3.59. The number of nitrogens with two attached hydrogens (primary N) is 1. The minimum absolute atomic E-state index is 0. The molecule has 2 N–H and O–H groups in total. The molecule has 0 saturated heterocycles. The molecule has 0 spiro atoms. The molecule has 8 nitrogen and oxygen atoms in total. The SMILES string of the molecule is COc1ccc([N+](=O)[O-])c(-c2nc(C3(N)CCCC3)no2)c1.Cl. The fraction of sp³-hybridized carbons (Fsp3) is 0.429. The Morgan fingerprint density at radius 1 is 1.39 bits per heavy atom. The number of nitrogens with zero attached hydrogens (tertiary/aromatic N) is 3. The topological polar surface area (TPSA) is 117 Å². The van der Waals surface area contributed by atoms with E-state index in [-0.39, 0.29) is 29.5 Å². The first-order valence-electron chi connectivity index (χ1n) is 6.99. The van der Waals surface area contributed by atoms with E-state index in [0.29, 0.717) is 11.6 Å². The van der Waals surface area contributed by atoms with E-state index in [1.54, 1.807) is 0 Å². The van der Waals surface area contributed by atoms with E-state index < -0.39 is 10.5 Å². The Kier molecular flexibility index (Phi) is 4.86. The van der Waals surface area contributed by atoms with Crippen LogP contribution in [0.4, 0.5) is 5.69 Å². The molecule has 124 valence electrons. The average molecular weight is 341 g/mol. The van der Waals surface area contributed by atoms with E-state index >= 15 is 0 Å². The lowest BCUT2D eigenvalue weighted by Crippen LogP contribution is -2.34. The summed E-state index contributed by atoms with van der Waals surface area (Å²) >= 11 is 0. The molecule has 0 unspecified atom stereocenters. The zero-order chi connectivity index (χ0) is 15.7. The molecule has 3 rings (SSSR count). The lowest BCUT2D eigenvalue weighted by atomic mass is 9.98. The number of aromatic nitrogens is 2. The molecule has 2 aromatic rings. The van der Waals surface area contributed by atoms with Crippen molar-refractivity contribution in [2.24, 2.45) is 5.73 Å². The van der Waals surface area contributed by atoms with Gasteiger partial charge in [-0.2, -0.15) is 4.98 Å². The number of nitro groups is 1. The number of hydrogen-bond donors (Lipinski definition) is 1. The van der Waals surface area contributed by atoms with Crippen LogP contribution in [-0.4, -0.2) is 22.2 Å². The van der Waals surface area contributed by atoms with Gasteiger partial charge in [-0.25, -0.2) is 0 Å². The largest absolute Gasteiger partial charge is 0.497 e. The lowest BCUT2D eigenvalue weighted by Gasteiger charge is -2.17. The van der Waals surface area contributed by atoms with E-state index in [1.807, 2.05) is 0 Å². The van der Waals surface area contributed by atoms with Crippen LogP contribution in [0.15, 0.2) is 22.7 Å². The van der Waals surface area contributed by atoms with Crippen molar-refractivity contribution in [2.45, 2.75) is 31.2 Å². The van der Waals surface area contributed by atoms with Crippen LogP contribution in [-0.2, 0) is 5.54 Å². The molecular weight excluding hydrogens is 324 g/mol. The predicted molar refractivity (Wildman–Crippen MR) is 84.5 cm³/mol. The van der Waals surface area contributed by atoms with Gasteiger partial charge >= 0.3 is 0 Å². The molecule has 1 aliphatic rings. The Hall–Kier alpha value is -2.19. The monoisotopic (exact) mass is 340 g/mol. The highest BCUT2D eigenvalue weighted by Crippen LogP contribution is 2.37. The third-order valence-corrected chi connectivity index (χ3v) is 4.00. The average Bonchev–Trinajstić information content (AvgIpc) is 3.16. The van der Waals surface area contributed by atoms with E-state index in [4.69, 9.17) is 15.0 Å². The van der Waals surface area contributed by atoms with E-state index in [2.05, 4.69) is 10.1 Å². The van der Waals surface area contributed by atoms with Gasteiger partial charge in [-0.1, -0.05) is 18.0 Å². The second-order valence-electron chi connectivity index (χ2n) is 5.43. The second kappa shape index (κ2) is 6.51. The molecule has 0 aliphatic heterocycles. The number of nitro benzene ring substituents is 1. The zero-order valence-corrected chi connectivity index (χ0v) is 13.3. The van der Waals surface area contributed by atoms with E-state index in [0.717, 1.165) is 25.7 Å². The maximum Gasteiger partial charge on any atom is 0.282 e. The second-order valence-corrected chi connectivity index (χ2v) is 5.43. The fourth-order valence-electron chi connectivity index (χ4n) is 2.74. The molecule has 1 saturated carbocycles. The third kappa shape index (κ3) is 3.13. The number of benzene rings is 1. The van der Waals surface area contributed by atoms with Crippen molar-refractivity contribution >= 4 is 18.1 Å². The molecule has 0 amide bonds. The Morgan fingerprint density at radius 2 is 2.09 bits per heavy atom. The van der Waals surface area contributed by atoms with E-state index in [1.165, 1.54) is 25.3 Å². The van der Waals surface area contributed by atoms with Gasteiger partial charge in [-0.05, 0) is 25.0 Å². The first kappa shape index (κ1) is 17.2. The molecule has 1 heterocycles. The third-order valence-electron chi connectivity index (χ3n) is 4.00. The van der Waals surface area contributed by atoms with Gasteiger partial charge in [0.05, 0.1) is 17.6 Å². The normalized spacial score (nSPS) is 15.9. The quantitative estimate of drug-likeness (QED) is 0.671. The maximum atomic E-state index is 11.2. The van der Waals surface area contributed by atoms with Crippen LogP contribution < -0.4 is 10.5 Å². The van der Waals surface area contributed by atoms with Gasteiger partial charge in [0.2, 0.25) is 0 Å². The highest BCUT2D eigenvalue weighted by atomic mass is 35.5. The van der Waals surface area contributed by atoms with Crippen LogP contribution >= 0.6 is 12.4 Å². The summed E-state index contributed by atoms with van der Waals surface area (Å²) in [5, 5.41) is 15.1. The number of rotatable bonds is 4. The molecule has 1 aromatic heterocycles. The van der Waals surface area contributed by atoms with Crippen molar-refractivity contribution in [3.63, 3.8) is 0 Å². The fourth-order valence-corrected chi connectivity index (χ4v) is 2.74. The zero-order valence-electron chi connectivity index (χ0n) is 12.5. The molecule has 0 bridgehead atoms. The molecule has 9 heteroatoms. The Morgan fingerprint density at radius 3 is 2.70 bits per heavy atom. The Balaban J connectivity index is 0.00000192. The summed E-state index contributed by atoms with van der Waals surface area (Å²) in [5.74, 6) is 0.957. The highest BCUT2D eigenvalue weighted by molar-refractivity contribution is 5.85. The van der Waals surface area contributed by atoms with Crippen molar-refractivity contribution in [3.8, 4) is 17.2 Å². The first-order valence-corrected chi connectivity index (χ1v) is 6.99. The van der Waals surface area contributed by atoms with Crippen LogP contribution in [0, 0.1) is 10.1 Å². The van der Waals surface area contributed by atoms with Crippen LogP contribution in [0.2, 0.25) is 0 Å². The van der Waals surface area contributed by atoms with Gasteiger partial charge < -0.3 is 15.0 Å². The standard InChI is InChI=1S/C14H16N4O4.ClH/c1-21-9-4-5-11(18(19)20)10(8-9)12-16-13(17-22-12)14(15)6-2-3-7-14;/h4-5,8H,2-3,6-7,15H2,1H3;1H. The molecule has 1 aromatic carbocycles. The number of halogens is 1. The van der Waals surface area contributed by atoms with Gasteiger partial charge in [0, 0.05) is 6.07 Å². The van der Waals surface area contributed by atoms with Crippen molar-refractivity contribution in [1.29, 1.82) is 0 Å². The van der Waals surface area contributed by atoms with Crippen LogP contribution in [0.5, 0.6) is 5.75 Å². The van der Waals surface area contributed by atoms with Crippen molar-refractivity contribution < 1.29 is 14.2 Å². The van der Waals surface area contributed by atoms with Gasteiger partial charge in [0.1, 0.15) is 11.3 Å². The summed E-state index contributed by atoms with van der Waals surface area (Å²) in [4.78, 5) is 15.0. The number of hydrogen-bond acceptors (Lipinski definition) is 7. The summed E-state index contributed by atoms with van der Waals surface area (Å²) in [5.41, 5.74) is 5.79. The van der Waals surface area contributed by atoms with Crippen molar-refractivity contribution in [2.75, 3.05) is 7.11 Å². The highest BCUT2D eigenvalue weighted by Gasteiger charge is 2.36. The van der Waals surface area contributed by atoms with Crippen LogP contribution in [0.1, 0.15) is 31.5 Å². The van der Waals surface area contributed by atoms with Crippen molar-refractivity contribution in [3.05, 3.63) is 34.1 Å². The minimum atomic E-state index is -0.602. The molecule has 1 fully saturated rings. The molecule has 1 aliphatic carbocycles. The lowest BCUT2D eigenvalue weighted by molar-refractivity contribution is -0.384. The molecular formula is C14H17ClN4O4. The van der Waals surface area contributed by atoms with Gasteiger partial charge in [0.15, 0.2) is 5.82 Å². The smallest absolute Gasteiger partial charge is 0.282 e. The Bertz CT molecular complexity index is 713. The number of methoxy groups -OCH3 is 1. The summed E-state index contributed by atoms with van der Waals surface area (Å²) < 4.78 is 10.3. The summed E-state index contributed by atoms with van der Waals surface area (Å²) in [6.45, 7) is 0. The van der Waals surface area contributed by atoms with Crippen LogP contribution in [0.25, 0.3) is 11.5 Å². The van der Waals surface area contributed by atoms with Crippen molar-refractivity contribution in [1.82, 2.24) is 10.1 Å². The van der Waals surface area contributed by atoms with E-state index in [9.17, 15) is 10.1 Å². The molecule has 23 heavy (non-hydrogen) atoms. The number of ether oxygens (including phenoxy) is 1. The summed E-state index contributed by atoms with van der Waals surface area (Å²) in [7, 11) is 1.48. The predicted octanol–water partition coefficient (Wildman–Crippen LogP) is 2.80. The Labute approximate surface area is 138 Å². The molecule has 0 radical (unpaired) electrons. The van der Waals surface area contributed by atoms with Gasteiger partial charge in [-0.15, -0.1) is 12.4 Å². The van der Waals surface area contributed by atoms with Gasteiger partial charge in [0.25, 0.3) is 11.6 Å². The summed E-state index contributed by atoms with van der Waals surface area (Å²) in [6, 6.07) is 4.37. The van der Waals surface area contributed by atoms with Crippen LogP contribution in [0.3, 0.4) is 0 Å². The molecule has 0 atom stereocenters.